The van der Waals surface area contributed by atoms with E-state index in [1.807, 2.05) is 25.1 Å². The van der Waals surface area contributed by atoms with E-state index >= 15 is 0 Å². The van der Waals surface area contributed by atoms with E-state index in [1.165, 1.54) is 12.8 Å². The second kappa shape index (κ2) is 4.56. The molecular formula is C13H16O3. The van der Waals surface area contributed by atoms with Crippen molar-refractivity contribution < 1.29 is 14.6 Å². The highest BCUT2D eigenvalue weighted by Gasteiger charge is 2.21. The second-order valence-electron chi connectivity index (χ2n) is 4.48. The van der Waals surface area contributed by atoms with Crippen LogP contribution in [0.2, 0.25) is 0 Å². The van der Waals surface area contributed by atoms with Crippen LogP contribution in [0.1, 0.15) is 24.0 Å². The predicted octanol–water partition coefficient (Wildman–Crippen LogP) is 2.41. The Kier molecular flexibility index (Phi) is 3.13. The Labute approximate surface area is 95.0 Å². The first-order chi connectivity index (χ1) is 7.63. The maximum absolute atomic E-state index is 10.6. The summed E-state index contributed by atoms with van der Waals surface area (Å²) in [5.41, 5.74) is 1.85. The molecule has 0 unspecified atom stereocenters. The second-order valence-corrected chi connectivity index (χ2v) is 4.48. The zero-order chi connectivity index (χ0) is 11.5. The molecular weight excluding hydrogens is 204 g/mol. The van der Waals surface area contributed by atoms with Gasteiger partial charge in [-0.15, -0.1) is 0 Å². The molecule has 2 rings (SSSR count). The molecule has 0 radical (unpaired) electrons. The summed E-state index contributed by atoms with van der Waals surface area (Å²) in [6.07, 6.45) is 2.57. The van der Waals surface area contributed by atoms with Gasteiger partial charge in [0, 0.05) is 0 Å². The van der Waals surface area contributed by atoms with Crippen molar-refractivity contribution in [3.05, 3.63) is 29.3 Å². The van der Waals surface area contributed by atoms with Crippen LogP contribution in [0.15, 0.2) is 18.2 Å². The number of carboxylic acids is 1. The molecule has 0 amide bonds. The van der Waals surface area contributed by atoms with Gasteiger partial charge in [0.25, 0.3) is 0 Å². The number of hydrogen-bond donors (Lipinski definition) is 1. The van der Waals surface area contributed by atoms with Crippen molar-refractivity contribution in [1.29, 1.82) is 0 Å². The monoisotopic (exact) mass is 220 g/mol. The van der Waals surface area contributed by atoms with E-state index in [0.717, 1.165) is 23.5 Å². The first-order valence-corrected chi connectivity index (χ1v) is 5.58. The Bertz CT molecular complexity index is 394. The smallest absolute Gasteiger partial charge is 0.307 e. The number of hydrogen-bond acceptors (Lipinski definition) is 2. The van der Waals surface area contributed by atoms with Gasteiger partial charge in [0.1, 0.15) is 5.75 Å². The van der Waals surface area contributed by atoms with Crippen molar-refractivity contribution in [2.75, 3.05) is 6.61 Å². The Morgan fingerprint density at radius 3 is 2.81 bits per heavy atom. The van der Waals surface area contributed by atoms with Crippen molar-refractivity contribution in [1.82, 2.24) is 0 Å². The van der Waals surface area contributed by atoms with E-state index in [1.54, 1.807) is 0 Å². The van der Waals surface area contributed by atoms with Crippen molar-refractivity contribution >= 4 is 5.97 Å². The van der Waals surface area contributed by atoms with Crippen molar-refractivity contribution in [3.8, 4) is 5.75 Å². The number of carboxylic acid groups (broad SMARTS) is 1. The van der Waals surface area contributed by atoms with E-state index < -0.39 is 5.97 Å². The molecule has 1 aliphatic rings. The normalized spacial score (nSPS) is 14.8. The van der Waals surface area contributed by atoms with Crippen LogP contribution in [-0.2, 0) is 11.2 Å². The van der Waals surface area contributed by atoms with Gasteiger partial charge in [-0.05, 0) is 48.9 Å². The van der Waals surface area contributed by atoms with Crippen LogP contribution in [0.3, 0.4) is 0 Å². The van der Waals surface area contributed by atoms with Gasteiger partial charge in [-0.2, -0.15) is 0 Å². The number of carbonyl (C=O) groups is 1. The Morgan fingerprint density at radius 1 is 1.44 bits per heavy atom. The van der Waals surface area contributed by atoms with E-state index in [0.29, 0.717) is 5.92 Å². The summed E-state index contributed by atoms with van der Waals surface area (Å²) in [5, 5.41) is 8.74. The zero-order valence-corrected chi connectivity index (χ0v) is 9.40. The number of benzene rings is 1. The van der Waals surface area contributed by atoms with Gasteiger partial charge in [-0.25, -0.2) is 0 Å². The highest BCUT2D eigenvalue weighted by Crippen LogP contribution is 2.30. The van der Waals surface area contributed by atoms with Gasteiger partial charge >= 0.3 is 5.97 Å². The van der Waals surface area contributed by atoms with Crippen LogP contribution in [0.4, 0.5) is 0 Å². The molecule has 1 aromatic rings. The molecule has 0 bridgehead atoms. The summed E-state index contributed by atoms with van der Waals surface area (Å²) in [6, 6.07) is 5.66. The van der Waals surface area contributed by atoms with Crippen LogP contribution < -0.4 is 4.74 Å². The summed E-state index contributed by atoms with van der Waals surface area (Å²) in [5.74, 6) is 0.699. The number of aliphatic carboxylic acids is 1. The molecule has 3 heteroatoms. The molecule has 1 aliphatic carbocycles. The molecule has 86 valence electrons. The molecule has 3 nitrogen and oxygen atoms in total. The maximum Gasteiger partial charge on any atom is 0.307 e. The molecule has 1 aromatic carbocycles. The quantitative estimate of drug-likeness (QED) is 0.828. The van der Waals surface area contributed by atoms with Gasteiger partial charge in [-0.1, -0.05) is 6.07 Å². The van der Waals surface area contributed by atoms with Crippen LogP contribution >= 0.6 is 0 Å². The maximum atomic E-state index is 10.6. The Morgan fingerprint density at radius 2 is 2.19 bits per heavy atom. The summed E-state index contributed by atoms with van der Waals surface area (Å²) in [7, 11) is 0. The van der Waals surface area contributed by atoms with E-state index in [4.69, 9.17) is 9.84 Å². The van der Waals surface area contributed by atoms with Gasteiger partial charge in [-0.3, -0.25) is 4.79 Å². The van der Waals surface area contributed by atoms with E-state index in [9.17, 15) is 4.79 Å². The molecule has 16 heavy (non-hydrogen) atoms. The number of aryl methyl sites for hydroxylation is 1. The number of rotatable bonds is 5. The van der Waals surface area contributed by atoms with Gasteiger partial charge in [0.2, 0.25) is 0 Å². The standard InChI is InChI=1S/C13H16O3/c1-9-4-11(7-13(14)15)6-12(5-9)16-8-10-2-3-10/h4-6,10H,2-3,7-8H2,1H3,(H,14,15). The lowest BCUT2D eigenvalue weighted by Crippen LogP contribution is -2.03. The average Bonchev–Trinajstić information content (AvgIpc) is 2.95. The summed E-state index contributed by atoms with van der Waals surface area (Å²) < 4.78 is 5.64. The molecule has 0 saturated heterocycles. The Hall–Kier alpha value is -1.51. The van der Waals surface area contributed by atoms with Gasteiger partial charge in [0.05, 0.1) is 13.0 Å². The van der Waals surface area contributed by atoms with Gasteiger partial charge < -0.3 is 9.84 Å². The minimum atomic E-state index is -0.807. The molecule has 1 saturated carbocycles. The zero-order valence-electron chi connectivity index (χ0n) is 9.40. The third-order valence-corrected chi connectivity index (χ3v) is 2.65. The molecule has 1 N–H and O–H groups in total. The summed E-state index contributed by atoms with van der Waals surface area (Å²) >= 11 is 0. The van der Waals surface area contributed by atoms with Crippen LogP contribution in [0.5, 0.6) is 5.75 Å². The molecule has 1 fully saturated rings. The topological polar surface area (TPSA) is 46.5 Å². The lowest BCUT2D eigenvalue weighted by molar-refractivity contribution is -0.136. The summed E-state index contributed by atoms with van der Waals surface area (Å²) in [6.45, 7) is 2.71. The predicted molar refractivity (Wildman–Crippen MR) is 60.7 cm³/mol. The largest absolute Gasteiger partial charge is 0.493 e. The lowest BCUT2D eigenvalue weighted by atomic mass is 10.1. The first kappa shape index (κ1) is 11.0. The fraction of sp³-hybridized carbons (Fsp3) is 0.462. The molecule has 0 spiro atoms. The highest BCUT2D eigenvalue weighted by molar-refractivity contribution is 5.70. The highest BCUT2D eigenvalue weighted by atomic mass is 16.5. The van der Waals surface area contributed by atoms with Crippen molar-refractivity contribution in [2.45, 2.75) is 26.2 Å². The molecule has 0 heterocycles. The third-order valence-electron chi connectivity index (χ3n) is 2.65. The lowest BCUT2D eigenvalue weighted by Gasteiger charge is -2.08. The van der Waals surface area contributed by atoms with Crippen molar-refractivity contribution in [3.63, 3.8) is 0 Å². The van der Waals surface area contributed by atoms with Crippen LogP contribution in [0.25, 0.3) is 0 Å². The Balaban J connectivity index is 2.04. The van der Waals surface area contributed by atoms with Crippen molar-refractivity contribution in [2.24, 2.45) is 5.92 Å². The summed E-state index contributed by atoms with van der Waals surface area (Å²) in [4.78, 5) is 10.6. The van der Waals surface area contributed by atoms with E-state index in [-0.39, 0.29) is 6.42 Å². The molecule has 0 atom stereocenters. The van der Waals surface area contributed by atoms with E-state index in [2.05, 4.69) is 0 Å². The first-order valence-electron chi connectivity index (χ1n) is 5.58. The fourth-order valence-electron chi connectivity index (χ4n) is 1.68. The number of ether oxygens (including phenoxy) is 1. The average molecular weight is 220 g/mol. The van der Waals surface area contributed by atoms with Gasteiger partial charge in [0.15, 0.2) is 0 Å². The fourth-order valence-corrected chi connectivity index (χ4v) is 1.68. The van der Waals surface area contributed by atoms with Crippen LogP contribution in [-0.4, -0.2) is 17.7 Å². The molecule has 0 aromatic heterocycles. The minimum absolute atomic E-state index is 0.0570. The van der Waals surface area contributed by atoms with Crippen LogP contribution in [0, 0.1) is 12.8 Å². The third kappa shape index (κ3) is 3.26. The SMILES string of the molecule is Cc1cc(CC(=O)O)cc(OCC2CC2)c1. The molecule has 0 aliphatic heterocycles. The minimum Gasteiger partial charge on any atom is -0.493 e.